The summed E-state index contributed by atoms with van der Waals surface area (Å²) < 4.78 is 0. The Morgan fingerprint density at radius 1 is 1.06 bits per heavy atom. The fraction of sp³-hybridized carbons (Fsp3) is 0.643. The highest BCUT2D eigenvalue weighted by Gasteiger charge is 2.11. The summed E-state index contributed by atoms with van der Waals surface area (Å²) >= 11 is 0. The van der Waals surface area contributed by atoms with Gasteiger partial charge in [0, 0.05) is 29.5 Å². The van der Waals surface area contributed by atoms with Gasteiger partial charge in [-0.3, -0.25) is 4.98 Å². The maximum absolute atomic E-state index is 4.37. The van der Waals surface area contributed by atoms with Gasteiger partial charge in [0.2, 0.25) is 0 Å². The first-order valence-corrected chi connectivity index (χ1v) is 6.14. The Bertz CT molecular complexity index is 358. The topological polar surface area (TPSA) is 37.0 Å². The van der Waals surface area contributed by atoms with Gasteiger partial charge >= 0.3 is 0 Å². The number of rotatable bonds is 3. The first kappa shape index (κ1) is 14.0. The van der Waals surface area contributed by atoms with Crippen LogP contribution in [0.5, 0.6) is 0 Å². The summed E-state index contributed by atoms with van der Waals surface area (Å²) in [4.78, 5) is 4.37. The van der Waals surface area contributed by atoms with Crippen LogP contribution in [0, 0.1) is 0 Å². The Morgan fingerprint density at radius 2 is 1.71 bits per heavy atom. The van der Waals surface area contributed by atoms with Crippen LogP contribution in [0.15, 0.2) is 18.3 Å². The molecule has 0 aromatic carbocycles. The van der Waals surface area contributed by atoms with E-state index in [2.05, 4.69) is 63.2 Å². The highest BCUT2D eigenvalue weighted by atomic mass is 15.0. The van der Waals surface area contributed by atoms with Crippen molar-refractivity contribution < 1.29 is 0 Å². The van der Waals surface area contributed by atoms with E-state index in [-0.39, 0.29) is 11.1 Å². The number of nitrogens with one attached hydrogen (secondary N) is 2. The van der Waals surface area contributed by atoms with Crippen molar-refractivity contribution in [2.75, 3.05) is 5.32 Å². The third kappa shape index (κ3) is 6.27. The second-order valence-electron chi connectivity index (χ2n) is 6.51. The van der Waals surface area contributed by atoms with E-state index in [0.29, 0.717) is 0 Å². The predicted octanol–water partition coefficient (Wildman–Crippen LogP) is 3.18. The monoisotopic (exact) mass is 235 g/mol. The molecule has 1 heterocycles. The number of pyridine rings is 1. The summed E-state index contributed by atoms with van der Waals surface area (Å²) in [5.74, 6) is 0. The maximum atomic E-state index is 4.37. The lowest BCUT2D eigenvalue weighted by molar-refractivity contribution is 0.421. The van der Waals surface area contributed by atoms with Crippen LogP contribution in [0.4, 0.5) is 5.69 Å². The van der Waals surface area contributed by atoms with Crippen LogP contribution in [0.25, 0.3) is 0 Å². The van der Waals surface area contributed by atoms with Crippen molar-refractivity contribution in [3.8, 4) is 0 Å². The SMILES string of the molecule is CC(C)(C)NCc1cc(NC(C)(C)C)ccn1. The molecule has 17 heavy (non-hydrogen) atoms. The summed E-state index contributed by atoms with van der Waals surface area (Å²) in [6, 6.07) is 4.11. The second-order valence-corrected chi connectivity index (χ2v) is 6.51. The molecule has 0 atom stereocenters. The van der Waals surface area contributed by atoms with Crippen molar-refractivity contribution in [1.82, 2.24) is 10.3 Å². The third-order valence-electron chi connectivity index (χ3n) is 2.14. The Hall–Kier alpha value is -1.09. The molecular formula is C14H25N3. The van der Waals surface area contributed by atoms with Crippen LogP contribution in [-0.2, 0) is 6.54 Å². The summed E-state index contributed by atoms with van der Waals surface area (Å²) in [5.41, 5.74) is 2.39. The maximum Gasteiger partial charge on any atom is 0.0562 e. The number of nitrogens with zero attached hydrogens (tertiary/aromatic N) is 1. The zero-order chi connectivity index (χ0) is 13.1. The van der Waals surface area contributed by atoms with E-state index in [1.807, 2.05) is 12.3 Å². The molecule has 2 N–H and O–H groups in total. The standard InChI is InChI=1S/C14H25N3/c1-13(2,3)16-10-12-9-11(7-8-15-12)17-14(4,5)6/h7-9,16H,10H2,1-6H3,(H,15,17). The van der Waals surface area contributed by atoms with E-state index in [9.17, 15) is 0 Å². The van der Waals surface area contributed by atoms with Gasteiger partial charge in [-0.15, -0.1) is 0 Å². The summed E-state index contributed by atoms with van der Waals surface area (Å²) in [7, 11) is 0. The average molecular weight is 235 g/mol. The Morgan fingerprint density at radius 3 is 2.24 bits per heavy atom. The Kier molecular flexibility index (Phi) is 4.15. The van der Waals surface area contributed by atoms with Gasteiger partial charge in [-0.2, -0.15) is 0 Å². The van der Waals surface area contributed by atoms with Crippen molar-refractivity contribution in [3.63, 3.8) is 0 Å². The van der Waals surface area contributed by atoms with Crippen LogP contribution in [0.2, 0.25) is 0 Å². The van der Waals surface area contributed by atoms with Crippen molar-refractivity contribution in [2.45, 2.75) is 59.2 Å². The van der Waals surface area contributed by atoms with Gasteiger partial charge in [0.05, 0.1) is 5.69 Å². The highest BCUT2D eigenvalue weighted by Crippen LogP contribution is 2.15. The lowest BCUT2D eigenvalue weighted by Gasteiger charge is -2.23. The summed E-state index contributed by atoms with van der Waals surface area (Å²) in [5, 5.41) is 6.89. The van der Waals surface area contributed by atoms with E-state index >= 15 is 0 Å². The zero-order valence-corrected chi connectivity index (χ0v) is 11.9. The van der Waals surface area contributed by atoms with E-state index in [4.69, 9.17) is 0 Å². The lowest BCUT2D eigenvalue weighted by Crippen LogP contribution is -2.35. The molecule has 1 aromatic heterocycles. The van der Waals surface area contributed by atoms with Crippen molar-refractivity contribution in [3.05, 3.63) is 24.0 Å². The molecule has 0 aliphatic rings. The van der Waals surface area contributed by atoms with Gasteiger partial charge in [0.15, 0.2) is 0 Å². The summed E-state index contributed by atoms with van der Waals surface area (Å²) in [6.45, 7) is 13.7. The number of hydrogen-bond donors (Lipinski definition) is 2. The molecule has 0 radical (unpaired) electrons. The number of aromatic nitrogens is 1. The van der Waals surface area contributed by atoms with Gasteiger partial charge < -0.3 is 10.6 Å². The fourth-order valence-corrected chi connectivity index (χ4v) is 1.44. The predicted molar refractivity (Wildman–Crippen MR) is 74.2 cm³/mol. The lowest BCUT2D eigenvalue weighted by atomic mass is 10.1. The van der Waals surface area contributed by atoms with Crippen molar-refractivity contribution in [1.29, 1.82) is 0 Å². The summed E-state index contributed by atoms with van der Waals surface area (Å²) in [6.07, 6.45) is 1.85. The quantitative estimate of drug-likeness (QED) is 0.845. The second kappa shape index (κ2) is 5.05. The van der Waals surface area contributed by atoms with Gasteiger partial charge in [0.1, 0.15) is 0 Å². The minimum atomic E-state index is 0.0794. The van der Waals surface area contributed by atoms with Crippen LogP contribution in [0.3, 0.4) is 0 Å². The Balaban J connectivity index is 2.66. The van der Waals surface area contributed by atoms with Gasteiger partial charge in [-0.25, -0.2) is 0 Å². The molecule has 0 aliphatic carbocycles. The van der Waals surface area contributed by atoms with Crippen LogP contribution < -0.4 is 10.6 Å². The Labute approximate surface area is 105 Å². The van der Waals surface area contributed by atoms with E-state index in [1.165, 1.54) is 0 Å². The minimum absolute atomic E-state index is 0.0794. The van der Waals surface area contributed by atoms with E-state index in [1.54, 1.807) is 0 Å². The van der Waals surface area contributed by atoms with Crippen LogP contribution in [-0.4, -0.2) is 16.1 Å². The van der Waals surface area contributed by atoms with Gasteiger partial charge in [0.25, 0.3) is 0 Å². The molecule has 0 saturated carbocycles. The smallest absolute Gasteiger partial charge is 0.0562 e. The third-order valence-corrected chi connectivity index (χ3v) is 2.14. The molecule has 0 fully saturated rings. The molecule has 0 amide bonds. The van der Waals surface area contributed by atoms with Gasteiger partial charge in [-0.1, -0.05) is 0 Å². The fourth-order valence-electron chi connectivity index (χ4n) is 1.44. The minimum Gasteiger partial charge on any atom is -0.380 e. The van der Waals surface area contributed by atoms with Crippen molar-refractivity contribution >= 4 is 5.69 Å². The first-order chi connectivity index (χ1) is 7.66. The molecule has 3 nitrogen and oxygen atoms in total. The molecule has 3 heteroatoms. The molecule has 96 valence electrons. The van der Waals surface area contributed by atoms with Crippen molar-refractivity contribution in [2.24, 2.45) is 0 Å². The molecular weight excluding hydrogens is 210 g/mol. The first-order valence-electron chi connectivity index (χ1n) is 6.14. The average Bonchev–Trinajstić information content (AvgIpc) is 2.11. The van der Waals surface area contributed by atoms with E-state index in [0.717, 1.165) is 17.9 Å². The van der Waals surface area contributed by atoms with Crippen LogP contribution >= 0.6 is 0 Å². The zero-order valence-electron chi connectivity index (χ0n) is 11.9. The normalized spacial score (nSPS) is 12.6. The van der Waals surface area contributed by atoms with Crippen LogP contribution in [0.1, 0.15) is 47.2 Å². The molecule has 1 rings (SSSR count). The molecule has 0 spiro atoms. The molecule has 0 unspecified atom stereocenters. The molecule has 0 saturated heterocycles. The largest absolute Gasteiger partial charge is 0.380 e. The van der Waals surface area contributed by atoms with Gasteiger partial charge in [-0.05, 0) is 53.7 Å². The highest BCUT2D eigenvalue weighted by molar-refractivity contribution is 5.45. The van der Waals surface area contributed by atoms with E-state index < -0.39 is 0 Å². The molecule has 0 bridgehead atoms. The molecule has 1 aromatic rings. The molecule has 0 aliphatic heterocycles. The number of hydrogen-bond acceptors (Lipinski definition) is 3. The number of anilines is 1.